The number of nitrogens with zero attached hydrogens (tertiary/aromatic N) is 4. The van der Waals surface area contributed by atoms with Gasteiger partial charge in [0.25, 0.3) is 0 Å². The Bertz CT molecular complexity index is 1680. The van der Waals surface area contributed by atoms with Gasteiger partial charge in [-0.15, -0.1) is 0 Å². The second kappa shape index (κ2) is 14.4. The summed E-state index contributed by atoms with van der Waals surface area (Å²) in [5.74, 6) is -1.87. The molecule has 1 aliphatic rings. The topological polar surface area (TPSA) is 125 Å². The van der Waals surface area contributed by atoms with Gasteiger partial charge in [0.2, 0.25) is 5.95 Å². The lowest BCUT2D eigenvalue weighted by atomic mass is 9.76. The zero-order valence-corrected chi connectivity index (χ0v) is 26.4. The molecule has 2 heterocycles. The van der Waals surface area contributed by atoms with Crippen molar-refractivity contribution in [1.82, 2.24) is 9.97 Å². The van der Waals surface area contributed by atoms with Gasteiger partial charge < -0.3 is 16.2 Å². The van der Waals surface area contributed by atoms with E-state index >= 15 is 0 Å². The first-order valence-corrected chi connectivity index (χ1v) is 14.9. The Morgan fingerprint density at radius 1 is 1.00 bits per heavy atom. The van der Waals surface area contributed by atoms with E-state index in [1.165, 1.54) is 0 Å². The molecule has 4 N–H and O–H groups in total. The van der Waals surface area contributed by atoms with Gasteiger partial charge in [-0.05, 0) is 54.8 Å². The zero-order chi connectivity index (χ0) is 33.6. The number of para-hydroxylation sites is 2. The van der Waals surface area contributed by atoms with E-state index in [4.69, 9.17) is 43.8 Å². The van der Waals surface area contributed by atoms with Crippen LogP contribution in [0.1, 0.15) is 37.8 Å². The number of halogens is 5. The number of carboxylic acid groups (broad SMARTS) is 1. The molecule has 1 aliphatic heterocycles. The Kier molecular flexibility index (Phi) is 10.8. The summed E-state index contributed by atoms with van der Waals surface area (Å²) in [6, 6.07) is 22.5. The third-order valence-electron chi connectivity index (χ3n) is 7.75. The number of nitrogens with two attached hydrogens (primary N) is 1. The first-order chi connectivity index (χ1) is 21.8. The monoisotopic (exact) mass is 674 g/mol. The number of aromatic nitrogens is 2. The summed E-state index contributed by atoms with van der Waals surface area (Å²) in [6.45, 7) is 5.00. The molecule has 0 bridgehead atoms. The van der Waals surface area contributed by atoms with Crippen LogP contribution in [0.3, 0.4) is 0 Å². The Hall–Kier alpha value is -4.39. The Morgan fingerprint density at radius 2 is 1.61 bits per heavy atom. The van der Waals surface area contributed by atoms with Gasteiger partial charge in [-0.2, -0.15) is 18.2 Å². The molecule has 0 saturated heterocycles. The number of fused-ring (bicyclic) bond motifs is 1. The molecule has 0 aliphatic carbocycles. The van der Waals surface area contributed by atoms with E-state index < -0.39 is 12.1 Å². The van der Waals surface area contributed by atoms with E-state index in [1.54, 1.807) is 34.2 Å². The van der Waals surface area contributed by atoms with E-state index in [9.17, 15) is 18.0 Å². The van der Waals surface area contributed by atoms with Crippen molar-refractivity contribution in [2.24, 2.45) is 5.73 Å². The average molecular weight is 676 g/mol. The van der Waals surface area contributed by atoms with Crippen LogP contribution in [0.5, 0.6) is 0 Å². The van der Waals surface area contributed by atoms with Crippen molar-refractivity contribution in [1.29, 1.82) is 0 Å². The third kappa shape index (κ3) is 7.35. The number of hydrogen-bond acceptors (Lipinski definition) is 6. The van der Waals surface area contributed by atoms with Gasteiger partial charge in [0.05, 0.1) is 28.0 Å². The van der Waals surface area contributed by atoms with Gasteiger partial charge >= 0.3 is 18.2 Å². The smallest absolute Gasteiger partial charge is 0.475 e. The van der Waals surface area contributed by atoms with Crippen LogP contribution in [-0.2, 0) is 16.8 Å². The van der Waals surface area contributed by atoms with Crippen LogP contribution >= 0.6 is 23.2 Å². The van der Waals surface area contributed by atoms with Crippen molar-refractivity contribution < 1.29 is 27.9 Å². The van der Waals surface area contributed by atoms with E-state index in [2.05, 4.69) is 30.2 Å². The minimum absolute atomic E-state index is 0.199. The fourth-order valence-electron chi connectivity index (χ4n) is 5.06. The molecule has 3 aromatic carbocycles. The lowest BCUT2D eigenvalue weighted by molar-refractivity contribution is -0.192. The van der Waals surface area contributed by atoms with Crippen LogP contribution in [0.4, 0.5) is 46.8 Å². The van der Waals surface area contributed by atoms with E-state index in [0.717, 1.165) is 29.7 Å². The predicted molar refractivity (Wildman–Crippen MR) is 173 cm³/mol. The van der Waals surface area contributed by atoms with E-state index in [1.807, 2.05) is 48.5 Å². The summed E-state index contributed by atoms with van der Waals surface area (Å²) >= 11 is 13.1. The number of carbonyl (C=O) groups excluding carboxylic acids is 1. The van der Waals surface area contributed by atoms with Gasteiger partial charge in [0.15, 0.2) is 5.82 Å². The Morgan fingerprint density at radius 3 is 2.17 bits per heavy atom. The van der Waals surface area contributed by atoms with Crippen LogP contribution in [0.15, 0.2) is 79.0 Å². The summed E-state index contributed by atoms with van der Waals surface area (Å²) in [5.41, 5.74) is 9.87. The number of carboxylic acids is 1. The molecule has 9 nitrogen and oxygen atoms in total. The molecule has 242 valence electrons. The minimum atomic E-state index is -5.08. The van der Waals surface area contributed by atoms with Gasteiger partial charge in [0.1, 0.15) is 0 Å². The van der Waals surface area contributed by atoms with Crippen LogP contribution in [0.25, 0.3) is 0 Å². The highest BCUT2D eigenvalue weighted by atomic mass is 35.5. The van der Waals surface area contributed by atoms with Gasteiger partial charge in [-0.25, -0.2) is 19.5 Å². The van der Waals surface area contributed by atoms with E-state index in [0.29, 0.717) is 39.7 Å². The summed E-state index contributed by atoms with van der Waals surface area (Å²) in [6.07, 6.45) is -1.60. The molecular formula is C32H31Cl2F3N6O3. The summed E-state index contributed by atoms with van der Waals surface area (Å²) < 4.78 is 31.7. The van der Waals surface area contributed by atoms with Crippen molar-refractivity contribution in [3.8, 4) is 0 Å². The molecule has 0 unspecified atom stereocenters. The number of aliphatic carboxylic acids is 1. The SMILES string of the molecule is CCC(CC)(CN)c1cccc(N2C(=O)N(c3c(Cl)cccc3Cl)Cc3cnc(Nc4ccccc4)nc32)c1.O=C(O)C(F)(F)F. The molecule has 46 heavy (non-hydrogen) atoms. The summed E-state index contributed by atoms with van der Waals surface area (Å²) in [5, 5.41) is 11.1. The third-order valence-corrected chi connectivity index (χ3v) is 8.36. The first kappa shape index (κ1) is 34.5. The van der Waals surface area contributed by atoms with Gasteiger partial charge in [0, 0.05) is 29.4 Å². The number of nitrogens with one attached hydrogen (secondary N) is 1. The van der Waals surface area contributed by atoms with Crippen molar-refractivity contribution in [3.05, 3.63) is 100 Å². The molecule has 5 rings (SSSR count). The highest BCUT2D eigenvalue weighted by Gasteiger charge is 2.39. The number of alkyl halides is 3. The number of anilines is 5. The molecular weight excluding hydrogens is 644 g/mol. The van der Waals surface area contributed by atoms with E-state index in [-0.39, 0.29) is 18.0 Å². The lowest BCUT2D eigenvalue weighted by Crippen LogP contribution is -2.46. The Labute approximate surface area is 273 Å². The molecule has 4 aromatic rings. The number of carbonyl (C=O) groups is 2. The van der Waals surface area contributed by atoms with Crippen LogP contribution in [0, 0.1) is 0 Å². The second-order valence-corrected chi connectivity index (χ2v) is 11.2. The van der Waals surface area contributed by atoms with Crippen LogP contribution < -0.4 is 20.9 Å². The second-order valence-electron chi connectivity index (χ2n) is 10.4. The Balaban J connectivity index is 0.000000617. The van der Waals surface area contributed by atoms with Gasteiger partial charge in [-0.3, -0.25) is 4.90 Å². The molecule has 2 amide bonds. The van der Waals surface area contributed by atoms with Crippen LogP contribution in [-0.4, -0.2) is 39.8 Å². The maximum absolute atomic E-state index is 14.3. The number of rotatable bonds is 8. The highest BCUT2D eigenvalue weighted by Crippen LogP contribution is 2.42. The normalized spacial score (nSPS) is 13.1. The fraction of sp³-hybridized carbons (Fsp3) is 0.250. The lowest BCUT2D eigenvalue weighted by Gasteiger charge is -2.37. The largest absolute Gasteiger partial charge is 0.490 e. The molecule has 0 spiro atoms. The number of amides is 2. The standard InChI is InChI=1S/C30H30Cl2N6O.C2HF3O2/c1-3-30(4-2,19-33)21-10-8-13-23(16-21)38-27-20(17-34-28(36-27)35-22-11-6-5-7-12-22)18-37(29(38)39)26-24(31)14-9-15-25(26)32;3-2(4,5)1(6)7/h5-17H,3-4,18-19,33H2,1-2H3,(H,34,35,36);(H,6,7). The number of urea groups is 1. The summed E-state index contributed by atoms with van der Waals surface area (Å²) in [7, 11) is 0. The molecule has 1 aromatic heterocycles. The van der Waals surface area contributed by atoms with Crippen LogP contribution in [0.2, 0.25) is 10.0 Å². The molecule has 0 radical (unpaired) electrons. The van der Waals surface area contributed by atoms with Crippen molar-refractivity contribution in [2.75, 3.05) is 21.7 Å². The first-order valence-electron chi connectivity index (χ1n) is 14.2. The van der Waals surface area contributed by atoms with Gasteiger partial charge in [-0.1, -0.05) is 73.4 Å². The molecule has 0 saturated carbocycles. The quantitative estimate of drug-likeness (QED) is 0.171. The number of hydrogen-bond donors (Lipinski definition) is 3. The highest BCUT2D eigenvalue weighted by molar-refractivity contribution is 6.40. The van der Waals surface area contributed by atoms with Crippen molar-refractivity contribution in [2.45, 2.75) is 44.8 Å². The van der Waals surface area contributed by atoms with Crippen molar-refractivity contribution >= 4 is 64.0 Å². The maximum atomic E-state index is 14.3. The maximum Gasteiger partial charge on any atom is 0.490 e. The van der Waals surface area contributed by atoms with Crippen molar-refractivity contribution in [3.63, 3.8) is 0 Å². The predicted octanol–water partition coefficient (Wildman–Crippen LogP) is 8.46. The molecule has 14 heteroatoms. The summed E-state index contributed by atoms with van der Waals surface area (Å²) in [4.78, 5) is 35.7. The molecule has 0 atom stereocenters. The number of benzene rings is 3. The minimum Gasteiger partial charge on any atom is -0.475 e. The molecule has 0 fully saturated rings. The average Bonchev–Trinajstić information content (AvgIpc) is 3.03. The fourth-order valence-corrected chi connectivity index (χ4v) is 5.66. The zero-order valence-electron chi connectivity index (χ0n) is 24.9.